The summed E-state index contributed by atoms with van der Waals surface area (Å²) in [5, 5.41) is 8.81. The Morgan fingerprint density at radius 3 is 3.10 bits per heavy atom. The highest BCUT2D eigenvalue weighted by molar-refractivity contribution is 5.13. The number of rotatable bonds is 1. The van der Waals surface area contributed by atoms with Gasteiger partial charge in [-0.05, 0) is 31.3 Å². The topological polar surface area (TPSA) is 20.2 Å². The van der Waals surface area contributed by atoms with Crippen LogP contribution in [0.15, 0.2) is 23.8 Å². The van der Waals surface area contributed by atoms with Crippen LogP contribution in [0.2, 0.25) is 0 Å². The highest BCUT2D eigenvalue weighted by atomic mass is 16.3. The molecular weight excluding hydrogens is 124 g/mol. The highest BCUT2D eigenvalue weighted by Gasteiger charge is 1.95. The van der Waals surface area contributed by atoms with Crippen molar-refractivity contribution >= 4 is 0 Å². The van der Waals surface area contributed by atoms with Crippen LogP contribution in [0.25, 0.3) is 0 Å². The molecule has 56 valence electrons. The van der Waals surface area contributed by atoms with Crippen molar-refractivity contribution in [2.45, 2.75) is 25.7 Å². The average Bonchev–Trinajstić information content (AvgIpc) is 1.87. The van der Waals surface area contributed by atoms with E-state index < -0.39 is 0 Å². The third-order valence-corrected chi connectivity index (χ3v) is 1.79. The first-order valence-corrected chi connectivity index (χ1v) is 3.89. The van der Waals surface area contributed by atoms with E-state index in [9.17, 15) is 0 Å². The van der Waals surface area contributed by atoms with Gasteiger partial charge in [0.15, 0.2) is 0 Å². The molecule has 0 atom stereocenters. The summed E-state index contributed by atoms with van der Waals surface area (Å²) in [6.07, 6.45) is 11.0. The lowest BCUT2D eigenvalue weighted by atomic mass is 10.0. The summed E-state index contributed by atoms with van der Waals surface area (Å²) in [5.74, 6) is 0. The van der Waals surface area contributed by atoms with Crippen LogP contribution in [0.3, 0.4) is 0 Å². The van der Waals surface area contributed by atoms with Crippen LogP contribution in [-0.4, -0.2) is 11.7 Å². The van der Waals surface area contributed by atoms with Gasteiger partial charge in [-0.25, -0.2) is 0 Å². The van der Waals surface area contributed by atoms with Gasteiger partial charge >= 0.3 is 0 Å². The van der Waals surface area contributed by atoms with E-state index in [2.05, 4.69) is 6.08 Å². The second kappa shape index (κ2) is 4.29. The molecule has 0 aromatic heterocycles. The lowest BCUT2D eigenvalue weighted by molar-refractivity contribution is 0.325. The first-order chi connectivity index (χ1) is 4.93. The van der Waals surface area contributed by atoms with Gasteiger partial charge in [0, 0.05) is 0 Å². The fourth-order valence-electron chi connectivity index (χ4n) is 1.13. The Labute approximate surface area is 62.1 Å². The first kappa shape index (κ1) is 7.55. The normalized spacial score (nSPS) is 19.5. The van der Waals surface area contributed by atoms with Crippen molar-refractivity contribution in [2.75, 3.05) is 6.61 Å². The van der Waals surface area contributed by atoms with E-state index in [-0.39, 0.29) is 6.61 Å². The third kappa shape index (κ3) is 2.36. The Bertz CT molecular complexity index is 145. The standard InChI is InChI=1S/C9H14O/c10-8-9-6-4-2-1-3-5-7-9/h2,4,6,10H,1,3,5,7-8H2. The van der Waals surface area contributed by atoms with Crippen molar-refractivity contribution in [3.63, 3.8) is 0 Å². The molecule has 1 nitrogen and oxygen atoms in total. The van der Waals surface area contributed by atoms with E-state index in [0.29, 0.717) is 0 Å². The zero-order valence-corrected chi connectivity index (χ0v) is 6.21. The molecule has 1 N–H and O–H groups in total. The molecule has 0 amide bonds. The van der Waals surface area contributed by atoms with Crippen LogP contribution in [0.4, 0.5) is 0 Å². The van der Waals surface area contributed by atoms with E-state index in [4.69, 9.17) is 5.11 Å². The fourth-order valence-corrected chi connectivity index (χ4v) is 1.13. The zero-order chi connectivity index (χ0) is 7.23. The number of allylic oxidation sites excluding steroid dienone is 3. The molecule has 1 aliphatic rings. The molecule has 10 heavy (non-hydrogen) atoms. The van der Waals surface area contributed by atoms with Crippen LogP contribution >= 0.6 is 0 Å². The van der Waals surface area contributed by atoms with E-state index in [1.54, 1.807) is 0 Å². The molecule has 0 fully saturated rings. The Morgan fingerprint density at radius 1 is 1.40 bits per heavy atom. The summed E-state index contributed by atoms with van der Waals surface area (Å²) in [6.45, 7) is 0.227. The molecule has 0 saturated heterocycles. The number of aliphatic hydroxyl groups is 1. The molecule has 1 rings (SSSR count). The van der Waals surface area contributed by atoms with Gasteiger partial charge in [0.05, 0.1) is 6.61 Å². The molecule has 0 aromatic carbocycles. The third-order valence-electron chi connectivity index (χ3n) is 1.79. The largest absolute Gasteiger partial charge is 0.392 e. The number of hydrogen-bond donors (Lipinski definition) is 1. The second-order valence-corrected chi connectivity index (χ2v) is 2.66. The Balaban J connectivity index is 2.49. The average molecular weight is 138 g/mol. The van der Waals surface area contributed by atoms with E-state index >= 15 is 0 Å². The van der Waals surface area contributed by atoms with Gasteiger partial charge in [0.2, 0.25) is 0 Å². The maximum absolute atomic E-state index is 8.81. The Morgan fingerprint density at radius 2 is 2.30 bits per heavy atom. The summed E-state index contributed by atoms with van der Waals surface area (Å²) < 4.78 is 0. The summed E-state index contributed by atoms with van der Waals surface area (Å²) >= 11 is 0. The fraction of sp³-hybridized carbons (Fsp3) is 0.556. The molecular formula is C9H14O. The Hall–Kier alpha value is -0.560. The van der Waals surface area contributed by atoms with Gasteiger partial charge in [0.25, 0.3) is 0 Å². The molecule has 1 heteroatoms. The maximum Gasteiger partial charge on any atom is 0.0644 e. The van der Waals surface area contributed by atoms with Crippen molar-refractivity contribution in [1.29, 1.82) is 0 Å². The van der Waals surface area contributed by atoms with E-state index in [1.807, 2.05) is 12.2 Å². The molecule has 0 aliphatic heterocycles. The summed E-state index contributed by atoms with van der Waals surface area (Å²) in [6, 6.07) is 0. The maximum atomic E-state index is 8.81. The minimum absolute atomic E-state index is 0.227. The van der Waals surface area contributed by atoms with E-state index in [0.717, 1.165) is 12.0 Å². The highest BCUT2D eigenvalue weighted by Crippen LogP contribution is 2.11. The predicted molar refractivity (Wildman–Crippen MR) is 42.8 cm³/mol. The monoisotopic (exact) mass is 138 g/mol. The summed E-state index contributed by atoms with van der Waals surface area (Å²) in [4.78, 5) is 0. The van der Waals surface area contributed by atoms with Crippen molar-refractivity contribution in [3.05, 3.63) is 23.8 Å². The number of hydrogen-bond acceptors (Lipinski definition) is 1. The quantitative estimate of drug-likeness (QED) is 0.588. The Kier molecular flexibility index (Phi) is 3.23. The van der Waals surface area contributed by atoms with Crippen LogP contribution < -0.4 is 0 Å². The molecule has 0 heterocycles. The van der Waals surface area contributed by atoms with Crippen LogP contribution in [0, 0.1) is 0 Å². The summed E-state index contributed by atoms with van der Waals surface area (Å²) in [7, 11) is 0. The molecule has 0 unspecified atom stereocenters. The van der Waals surface area contributed by atoms with Crippen molar-refractivity contribution in [2.24, 2.45) is 0 Å². The van der Waals surface area contributed by atoms with Crippen LogP contribution in [0.1, 0.15) is 25.7 Å². The molecule has 0 aromatic rings. The van der Waals surface area contributed by atoms with E-state index in [1.165, 1.54) is 19.3 Å². The van der Waals surface area contributed by atoms with Crippen LogP contribution in [-0.2, 0) is 0 Å². The lowest BCUT2D eigenvalue weighted by Gasteiger charge is -2.04. The minimum Gasteiger partial charge on any atom is -0.392 e. The van der Waals surface area contributed by atoms with Gasteiger partial charge in [-0.1, -0.05) is 18.2 Å². The molecule has 0 bridgehead atoms. The van der Waals surface area contributed by atoms with Gasteiger partial charge < -0.3 is 5.11 Å². The SMILES string of the molecule is OCC1=CC=CCCCC1. The molecule has 1 aliphatic carbocycles. The van der Waals surface area contributed by atoms with Gasteiger partial charge in [0.1, 0.15) is 0 Å². The van der Waals surface area contributed by atoms with Crippen LogP contribution in [0.5, 0.6) is 0 Å². The minimum atomic E-state index is 0.227. The molecule has 0 radical (unpaired) electrons. The molecule has 0 spiro atoms. The lowest BCUT2D eigenvalue weighted by Crippen LogP contribution is -1.91. The van der Waals surface area contributed by atoms with Gasteiger partial charge in [-0.15, -0.1) is 0 Å². The van der Waals surface area contributed by atoms with Crippen molar-refractivity contribution < 1.29 is 5.11 Å². The van der Waals surface area contributed by atoms with Crippen molar-refractivity contribution in [3.8, 4) is 0 Å². The summed E-state index contributed by atoms with van der Waals surface area (Å²) in [5.41, 5.74) is 1.16. The van der Waals surface area contributed by atoms with Gasteiger partial charge in [-0.3, -0.25) is 0 Å². The smallest absolute Gasteiger partial charge is 0.0644 e. The van der Waals surface area contributed by atoms with Crippen molar-refractivity contribution in [1.82, 2.24) is 0 Å². The second-order valence-electron chi connectivity index (χ2n) is 2.66. The predicted octanol–water partition coefficient (Wildman–Crippen LogP) is 2.04. The zero-order valence-electron chi connectivity index (χ0n) is 6.21. The first-order valence-electron chi connectivity index (χ1n) is 3.89. The number of aliphatic hydroxyl groups excluding tert-OH is 1. The van der Waals surface area contributed by atoms with Gasteiger partial charge in [-0.2, -0.15) is 0 Å². The molecule has 0 saturated carbocycles.